The van der Waals surface area contributed by atoms with E-state index in [0.717, 1.165) is 32.1 Å². The van der Waals surface area contributed by atoms with E-state index in [1.165, 1.54) is 40.0 Å². The summed E-state index contributed by atoms with van der Waals surface area (Å²) in [6, 6.07) is 2.84. The molecule has 1 aromatic carbocycles. The largest absolute Gasteiger partial charge is 0.384 e. The van der Waals surface area contributed by atoms with E-state index in [9.17, 15) is 37.5 Å². The second-order valence-corrected chi connectivity index (χ2v) is 18.0. The Morgan fingerprint density at radius 3 is 2.37 bits per heavy atom. The molecule has 4 aliphatic rings. The third-order valence-electron chi connectivity index (χ3n) is 11.3. The van der Waals surface area contributed by atoms with Crippen molar-refractivity contribution in [1.82, 2.24) is 30.5 Å². The molecule has 1 unspecified atom stereocenters. The van der Waals surface area contributed by atoms with Crippen molar-refractivity contribution in [2.75, 3.05) is 19.8 Å². The van der Waals surface area contributed by atoms with Crippen LogP contribution in [0.15, 0.2) is 35.4 Å². The van der Waals surface area contributed by atoms with Gasteiger partial charge in [-0.25, -0.2) is 13.1 Å². The van der Waals surface area contributed by atoms with Crippen molar-refractivity contribution in [2.24, 2.45) is 11.7 Å². The number of ketones is 1. The number of carbonyl (C=O) groups is 5. The van der Waals surface area contributed by atoms with Crippen molar-refractivity contribution in [3.63, 3.8) is 0 Å². The number of nitrogens with two attached hydrogens (primary N) is 1. The predicted octanol–water partition coefficient (Wildman–Crippen LogP) is 1.46. The SMILES string of the molecule is CC(C)(O)c1cnnn1[C@H]1C[C@@H](C(=O)N[C@]2(C(=O)C(N)=O)CCCOCC2)N(C(=O)C(CC2CCCCC2)NC(=O)c2ccc(S(=O)(=O)C3CC3)cc2)C1. The zero-order chi connectivity index (χ0) is 38.8. The quantitative estimate of drug-likeness (QED) is 0.213. The molecule has 2 saturated carbocycles. The van der Waals surface area contributed by atoms with Gasteiger partial charge in [-0.1, -0.05) is 37.3 Å². The van der Waals surface area contributed by atoms with Gasteiger partial charge in [0.05, 0.1) is 28.1 Å². The van der Waals surface area contributed by atoms with Gasteiger partial charge in [0.2, 0.25) is 17.6 Å². The number of nitrogens with zero attached hydrogens (tertiary/aromatic N) is 4. The molecule has 2 saturated heterocycles. The highest BCUT2D eigenvalue weighted by atomic mass is 32.2. The fraction of sp³-hybridized carbons (Fsp3) is 0.649. The molecular formula is C37H51N7O9S. The van der Waals surface area contributed by atoms with Crippen LogP contribution in [0.1, 0.15) is 113 Å². The minimum absolute atomic E-state index is 0.0116. The van der Waals surface area contributed by atoms with Crippen molar-refractivity contribution in [3.8, 4) is 0 Å². The van der Waals surface area contributed by atoms with Crippen LogP contribution in [0.4, 0.5) is 0 Å². The smallest absolute Gasteiger partial charge is 0.287 e. The fourth-order valence-electron chi connectivity index (χ4n) is 8.13. The molecule has 0 radical (unpaired) electrons. The number of primary amides is 1. The molecule has 54 heavy (non-hydrogen) atoms. The van der Waals surface area contributed by atoms with E-state index in [4.69, 9.17) is 10.5 Å². The molecule has 4 fully saturated rings. The molecule has 17 heteroatoms. The van der Waals surface area contributed by atoms with Crippen molar-refractivity contribution >= 4 is 39.2 Å². The van der Waals surface area contributed by atoms with Crippen LogP contribution in [0.2, 0.25) is 0 Å². The highest BCUT2D eigenvalue weighted by molar-refractivity contribution is 7.92. The number of aromatic nitrogens is 3. The van der Waals surface area contributed by atoms with Gasteiger partial charge in [-0.2, -0.15) is 0 Å². The molecule has 2 aromatic rings. The van der Waals surface area contributed by atoms with Crippen molar-refractivity contribution in [3.05, 3.63) is 41.7 Å². The van der Waals surface area contributed by atoms with E-state index in [1.54, 1.807) is 13.8 Å². The average molecular weight is 770 g/mol. The molecule has 3 heterocycles. The van der Waals surface area contributed by atoms with Gasteiger partial charge in [-0.15, -0.1) is 5.10 Å². The van der Waals surface area contributed by atoms with E-state index < -0.39 is 73.8 Å². The second-order valence-electron chi connectivity index (χ2n) is 15.8. The lowest BCUT2D eigenvalue weighted by Gasteiger charge is -2.35. The number of aliphatic hydroxyl groups is 1. The number of rotatable bonds is 13. The Morgan fingerprint density at radius 2 is 1.72 bits per heavy atom. The van der Waals surface area contributed by atoms with Gasteiger partial charge in [0.15, 0.2) is 9.84 Å². The number of sulfone groups is 1. The summed E-state index contributed by atoms with van der Waals surface area (Å²) in [5.74, 6) is -3.78. The number of ether oxygens (including phenoxy) is 1. The predicted molar refractivity (Wildman–Crippen MR) is 193 cm³/mol. The maximum atomic E-state index is 14.8. The Bertz CT molecular complexity index is 1840. The molecule has 2 aliphatic carbocycles. The van der Waals surface area contributed by atoms with Gasteiger partial charge in [-0.05, 0) is 76.1 Å². The van der Waals surface area contributed by atoms with Crippen molar-refractivity contribution in [2.45, 2.75) is 130 Å². The highest BCUT2D eigenvalue weighted by Crippen LogP contribution is 2.35. The van der Waals surface area contributed by atoms with Gasteiger partial charge < -0.3 is 31.1 Å². The van der Waals surface area contributed by atoms with Gasteiger partial charge in [-0.3, -0.25) is 24.0 Å². The third-order valence-corrected chi connectivity index (χ3v) is 13.6. The third kappa shape index (κ3) is 8.52. The number of hydrogen-bond donors (Lipinski definition) is 4. The summed E-state index contributed by atoms with van der Waals surface area (Å²) in [6.45, 7) is 3.54. The number of Topliss-reactive ketones (excluding diaryl/α,β-unsaturated/α-hetero) is 1. The van der Waals surface area contributed by atoms with Gasteiger partial charge in [0.1, 0.15) is 23.2 Å². The summed E-state index contributed by atoms with van der Waals surface area (Å²) in [5, 5.41) is 24.4. The molecule has 6 rings (SSSR count). The van der Waals surface area contributed by atoms with Crippen LogP contribution in [0.25, 0.3) is 0 Å². The molecule has 4 amide bonds. The van der Waals surface area contributed by atoms with E-state index in [2.05, 4.69) is 20.9 Å². The summed E-state index contributed by atoms with van der Waals surface area (Å²) in [5.41, 5.74) is 3.01. The fourth-order valence-corrected chi connectivity index (χ4v) is 9.79. The minimum Gasteiger partial charge on any atom is -0.384 e. The number of likely N-dealkylation sites (tertiary alicyclic amines) is 1. The first-order chi connectivity index (χ1) is 25.6. The molecule has 0 bridgehead atoms. The standard InChI is InChI=1S/C37H51N7O9S/c1-36(2,50)30-21-39-42-44(30)25-20-29(34(48)41-37(31(45)32(38)46)15-6-17-53-18-16-37)43(22-25)35(49)28(19-23-7-4-3-5-8-23)40-33(47)24-9-11-26(12-10-24)54(51,52)27-13-14-27/h9-12,21,23,25,27-29,50H,3-8,13-20,22H2,1-2H3,(H2,38,46)(H,40,47)(H,41,48)/t25-,28?,29-,37+/m0/s1. The highest BCUT2D eigenvalue weighted by Gasteiger charge is 2.49. The van der Waals surface area contributed by atoms with Crippen LogP contribution in [0.5, 0.6) is 0 Å². The van der Waals surface area contributed by atoms with Gasteiger partial charge >= 0.3 is 0 Å². The van der Waals surface area contributed by atoms with Crippen molar-refractivity contribution in [1.29, 1.82) is 0 Å². The van der Waals surface area contributed by atoms with Crippen molar-refractivity contribution < 1.29 is 42.2 Å². The van der Waals surface area contributed by atoms with Gasteiger partial charge in [0, 0.05) is 38.2 Å². The monoisotopic (exact) mass is 769 g/mol. The topological polar surface area (TPSA) is 233 Å². The second kappa shape index (κ2) is 15.9. The Labute approximate surface area is 314 Å². The first kappa shape index (κ1) is 39.5. The number of benzene rings is 1. The van der Waals surface area contributed by atoms with Gasteiger partial charge in [0.25, 0.3) is 11.8 Å². The normalized spacial score (nSPS) is 24.7. The summed E-state index contributed by atoms with van der Waals surface area (Å²) in [4.78, 5) is 70.0. The molecular weight excluding hydrogens is 719 g/mol. The van der Waals surface area contributed by atoms with E-state index in [1.807, 2.05) is 0 Å². The Morgan fingerprint density at radius 1 is 1.02 bits per heavy atom. The number of carbonyl (C=O) groups excluding carboxylic acids is 5. The molecule has 2 aliphatic heterocycles. The zero-order valence-corrected chi connectivity index (χ0v) is 31.7. The lowest BCUT2D eigenvalue weighted by atomic mass is 9.84. The van der Waals surface area contributed by atoms with Crippen LogP contribution >= 0.6 is 0 Å². The molecule has 16 nitrogen and oxygen atoms in total. The number of amides is 4. The summed E-state index contributed by atoms with van der Waals surface area (Å²) in [7, 11) is -3.46. The lowest BCUT2D eigenvalue weighted by molar-refractivity contribution is -0.145. The lowest BCUT2D eigenvalue weighted by Crippen LogP contribution is -2.62. The summed E-state index contributed by atoms with van der Waals surface area (Å²) < 4.78 is 32.6. The minimum atomic E-state index is -3.46. The first-order valence-electron chi connectivity index (χ1n) is 18.9. The van der Waals surface area contributed by atoms with E-state index in [0.29, 0.717) is 38.0 Å². The van der Waals surface area contributed by atoms with E-state index in [-0.39, 0.29) is 48.8 Å². The van der Waals surface area contributed by atoms with Crippen LogP contribution in [0.3, 0.4) is 0 Å². The maximum Gasteiger partial charge on any atom is 0.287 e. The maximum absolute atomic E-state index is 14.8. The molecule has 0 spiro atoms. The Balaban J connectivity index is 1.31. The first-order valence-corrected chi connectivity index (χ1v) is 20.5. The Kier molecular flexibility index (Phi) is 11.6. The number of hydrogen-bond acceptors (Lipinski definition) is 11. The van der Waals surface area contributed by atoms with Crippen LogP contribution in [-0.2, 0) is 39.4 Å². The summed E-state index contributed by atoms with van der Waals surface area (Å²) in [6.07, 6.45) is 8.26. The Hall–Kier alpha value is -4.22. The van der Waals surface area contributed by atoms with Crippen LogP contribution < -0.4 is 16.4 Å². The number of nitrogens with one attached hydrogen (secondary N) is 2. The van der Waals surface area contributed by atoms with Crippen LogP contribution in [0, 0.1) is 5.92 Å². The molecule has 4 atom stereocenters. The molecule has 294 valence electrons. The average Bonchev–Trinajstić information content (AvgIpc) is 3.80. The van der Waals surface area contributed by atoms with Crippen LogP contribution in [-0.4, -0.2) is 105 Å². The van der Waals surface area contributed by atoms with E-state index >= 15 is 0 Å². The zero-order valence-electron chi connectivity index (χ0n) is 30.9. The summed E-state index contributed by atoms with van der Waals surface area (Å²) >= 11 is 0. The molecule has 5 N–H and O–H groups in total. The molecule has 1 aromatic heterocycles.